The molecule has 1 fully saturated rings. The summed E-state index contributed by atoms with van der Waals surface area (Å²) in [5.74, 6) is 0.574. The minimum atomic E-state index is 0.124. The van der Waals surface area contributed by atoms with E-state index < -0.39 is 0 Å². The van der Waals surface area contributed by atoms with Gasteiger partial charge in [-0.3, -0.25) is 4.79 Å². The molecule has 1 amide bonds. The molecule has 0 radical (unpaired) electrons. The molecule has 0 aromatic carbocycles. The van der Waals surface area contributed by atoms with E-state index in [0.717, 1.165) is 29.3 Å². The van der Waals surface area contributed by atoms with Crippen LogP contribution in [0, 0.1) is 12.8 Å². The van der Waals surface area contributed by atoms with E-state index >= 15 is 0 Å². The molecule has 4 nitrogen and oxygen atoms in total. The summed E-state index contributed by atoms with van der Waals surface area (Å²) in [5.41, 5.74) is 5.88. The lowest BCUT2D eigenvalue weighted by Crippen LogP contribution is -2.47. The summed E-state index contributed by atoms with van der Waals surface area (Å²) in [4.78, 5) is 19.5. The number of aryl methyl sites for hydroxylation is 1. The fourth-order valence-corrected chi connectivity index (χ4v) is 3.74. The van der Waals surface area contributed by atoms with Gasteiger partial charge in [-0.15, -0.1) is 11.3 Å². The van der Waals surface area contributed by atoms with Crippen LogP contribution >= 0.6 is 11.3 Å². The predicted octanol–water partition coefficient (Wildman–Crippen LogP) is 2.43. The molecule has 2 atom stereocenters. The Hall–Kier alpha value is -0.940. The van der Waals surface area contributed by atoms with Crippen molar-refractivity contribution in [3.8, 4) is 0 Å². The lowest BCUT2D eigenvalue weighted by Gasteiger charge is -2.39. The predicted molar refractivity (Wildman–Crippen MR) is 78.4 cm³/mol. The van der Waals surface area contributed by atoms with Crippen molar-refractivity contribution in [1.82, 2.24) is 9.88 Å². The summed E-state index contributed by atoms with van der Waals surface area (Å²) in [7, 11) is 0. The maximum absolute atomic E-state index is 12.6. The van der Waals surface area contributed by atoms with Crippen LogP contribution in [-0.4, -0.2) is 34.9 Å². The van der Waals surface area contributed by atoms with Gasteiger partial charge in [0.2, 0.25) is 0 Å². The van der Waals surface area contributed by atoms with E-state index in [1.54, 1.807) is 6.20 Å². The molecule has 2 unspecified atom stereocenters. The summed E-state index contributed by atoms with van der Waals surface area (Å²) in [6, 6.07) is 0.304. The molecular formula is C14H23N3OS. The van der Waals surface area contributed by atoms with Crippen molar-refractivity contribution in [3.05, 3.63) is 16.1 Å². The Kier molecular flexibility index (Phi) is 4.93. The molecule has 2 N–H and O–H groups in total. The molecule has 0 bridgehead atoms. The number of nitrogens with zero attached hydrogens (tertiary/aromatic N) is 2. The fourth-order valence-electron chi connectivity index (χ4n) is 3.00. The second-order valence-electron chi connectivity index (χ2n) is 5.18. The maximum atomic E-state index is 12.6. The van der Waals surface area contributed by atoms with Gasteiger partial charge >= 0.3 is 0 Å². The Balaban J connectivity index is 2.16. The van der Waals surface area contributed by atoms with Crippen LogP contribution < -0.4 is 5.73 Å². The van der Waals surface area contributed by atoms with Crippen molar-refractivity contribution >= 4 is 17.2 Å². The first kappa shape index (κ1) is 14.5. The van der Waals surface area contributed by atoms with Gasteiger partial charge in [-0.25, -0.2) is 4.98 Å². The second-order valence-corrected chi connectivity index (χ2v) is 6.42. The number of nitrogens with two attached hydrogens (primary N) is 1. The van der Waals surface area contributed by atoms with Crippen molar-refractivity contribution in [2.45, 2.75) is 45.6 Å². The highest BCUT2D eigenvalue weighted by molar-refractivity contribution is 7.13. The zero-order valence-electron chi connectivity index (χ0n) is 11.8. The molecule has 0 spiro atoms. The highest BCUT2D eigenvalue weighted by Gasteiger charge is 2.32. The molecular weight excluding hydrogens is 258 g/mol. The highest BCUT2D eigenvalue weighted by atomic mass is 32.1. The molecule has 0 saturated heterocycles. The van der Waals surface area contributed by atoms with Crippen LogP contribution in [0.4, 0.5) is 0 Å². The van der Waals surface area contributed by atoms with E-state index in [2.05, 4.69) is 4.98 Å². The first-order valence-electron chi connectivity index (χ1n) is 7.10. The monoisotopic (exact) mass is 281 g/mol. The van der Waals surface area contributed by atoms with Crippen LogP contribution in [0.15, 0.2) is 6.20 Å². The van der Waals surface area contributed by atoms with Crippen LogP contribution in [0.2, 0.25) is 0 Å². The molecule has 106 valence electrons. The summed E-state index contributed by atoms with van der Waals surface area (Å²) >= 11 is 1.48. The first-order chi connectivity index (χ1) is 9.17. The average molecular weight is 281 g/mol. The average Bonchev–Trinajstić information content (AvgIpc) is 2.86. The van der Waals surface area contributed by atoms with E-state index in [1.807, 2.05) is 18.7 Å². The van der Waals surface area contributed by atoms with E-state index in [9.17, 15) is 4.79 Å². The van der Waals surface area contributed by atoms with E-state index in [-0.39, 0.29) is 5.91 Å². The molecule has 1 aliphatic rings. The largest absolute Gasteiger partial charge is 0.335 e. The van der Waals surface area contributed by atoms with Crippen LogP contribution in [0.1, 0.15) is 47.3 Å². The summed E-state index contributed by atoms with van der Waals surface area (Å²) in [6.07, 6.45) is 6.37. The molecule has 1 aliphatic carbocycles. The standard InChI is InChI=1S/C14H23N3OS/c1-3-17(12-7-5-4-6-11(12)8-15)14(18)13-9-16-10(2)19-13/h9,11-12H,3-8,15H2,1-2H3. The minimum Gasteiger partial charge on any atom is -0.335 e. The minimum absolute atomic E-state index is 0.124. The smallest absolute Gasteiger partial charge is 0.265 e. The number of hydrogen-bond donors (Lipinski definition) is 1. The molecule has 1 aromatic rings. The van der Waals surface area contributed by atoms with Crippen LogP contribution in [0.3, 0.4) is 0 Å². The Morgan fingerprint density at radius 3 is 2.84 bits per heavy atom. The van der Waals surface area contributed by atoms with Gasteiger partial charge in [0.25, 0.3) is 5.91 Å². The Morgan fingerprint density at radius 2 is 2.26 bits per heavy atom. The van der Waals surface area contributed by atoms with E-state index in [4.69, 9.17) is 5.73 Å². The van der Waals surface area contributed by atoms with Gasteiger partial charge in [0, 0.05) is 12.6 Å². The number of carbonyl (C=O) groups excluding carboxylic acids is 1. The SMILES string of the molecule is CCN(C(=O)c1cnc(C)s1)C1CCCCC1CN. The highest BCUT2D eigenvalue weighted by Crippen LogP contribution is 2.29. The molecule has 5 heteroatoms. The van der Waals surface area contributed by atoms with Gasteiger partial charge in [-0.05, 0) is 39.2 Å². The first-order valence-corrected chi connectivity index (χ1v) is 7.92. The van der Waals surface area contributed by atoms with Gasteiger partial charge in [0.05, 0.1) is 11.2 Å². The fraction of sp³-hybridized carbons (Fsp3) is 0.714. The number of aromatic nitrogens is 1. The van der Waals surface area contributed by atoms with Crippen molar-refractivity contribution in [3.63, 3.8) is 0 Å². The van der Waals surface area contributed by atoms with Gasteiger partial charge in [0.15, 0.2) is 0 Å². The molecule has 1 saturated carbocycles. The van der Waals surface area contributed by atoms with Crippen molar-refractivity contribution in [2.75, 3.05) is 13.1 Å². The van der Waals surface area contributed by atoms with Gasteiger partial charge in [0.1, 0.15) is 4.88 Å². The van der Waals surface area contributed by atoms with E-state index in [1.165, 1.54) is 24.2 Å². The number of amides is 1. The molecule has 0 aliphatic heterocycles. The normalized spacial score (nSPS) is 23.3. The van der Waals surface area contributed by atoms with Crippen LogP contribution in [-0.2, 0) is 0 Å². The topological polar surface area (TPSA) is 59.2 Å². The summed E-state index contributed by atoms with van der Waals surface area (Å²) in [5, 5.41) is 0.943. The van der Waals surface area contributed by atoms with Crippen LogP contribution in [0.5, 0.6) is 0 Å². The third-order valence-corrected chi connectivity index (χ3v) is 4.91. The molecule has 1 heterocycles. The number of hydrogen-bond acceptors (Lipinski definition) is 4. The van der Waals surface area contributed by atoms with Crippen molar-refractivity contribution in [1.29, 1.82) is 0 Å². The lowest BCUT2D eigenvalue weighted by molar-refractivity contribution is 0.0564. The lowest BCUT2D eigenvalue weighted by atomic mass is 9.83. The van der Waals surface area contributed by atoms with Gasteiger partial charge in [-0.2, -0.15) is 0 Å². The Bertz CT molecular complexity index is 432. The van der Waals surface area contributed by atoms with Crippen molar-refractivity contribution < 1.29 is 4.79 Å². The van der Waals surface area contributed by atoms with Crippen LogP contribution in [0.25, 0.3) is 0 Å². The van der Waals surface area contributed by atoms with Gasteiger partial charge in [-0.1, -0.05) is 12.8 Å². The summed E-state index contributed by atoms with van der Waals surface area (Å²) < 4.78 is 0. The number of rotatable bonds is 4. The third kappa shape index (κ3) is 3.15. The summed E-state index contributed by atoms with van der Waals surface area (Å²) in [6.45, 7) is 5.40. The molecule has 19 heavy (non-hydrogen) atoms. The van der Waals surface area contributed by atoms with E-state index in [0.29, 0.717) is 18.5 Å². The third-order valence-electron chi connectivity index (χ3n) is 4.01. The Morgan fingerprint density at radius 1 is 1.53 bits per heavy atom. The van der Waals surface area contributed by atoms with Crippen molar-refractivity contribution in [2.24, 2.45) is 11.7 Å². The molecule has 1 aromatic heterocycles. The number of carbonyl (C=O) groups is 1. The second kappa shape index (κ2) is 6.48. The number of thiazole rings is 1. The molecule has 2 rings (SSSR count). The quantitative estimate of drug-likeness (QED) is 0.922. The zero-order chi connectivity index (χ0) is 13.8. The van der Waals surface area contributed by atoms with Gasteiger partial charge < -0.3 is 10.6 Å². The zero-order valence-corrected chi connectivity index (χ0v) is 12.6. The Labute approximate surface area is 119 Å². The maximum Gasteiger partial charge on any atom is 0.265 e.